The molecule has 124 valence electrons. The van der Waals surface area contributed by atoms with Gasteiger partial charge in [-0.05, 0) is 30.2 Å². The third-order valence-electron chi connectivity index (χ3n) is 3.90. The number of sulfonamides is 1. The summed E-state index contributed by atoms with van der Waals surface area (Å²) in [6, 6.07) is 11.4. The number of aromatic nitrogens is 1. The molecular weight excluding hydrogens is 332 g/mol. The monoisotopic (exact) mass is 346 g/mol. The van der Waals surface area contributed by atoms with Crippen molar-refractivity contribution in [3.05, 3.63) is 58.6 Å². The molecule has 0 spiro atoms. The molecule has 0 radical (unpaired) electrons. The predicted octanol–water partition coefficient (Wildman–Crippen LogP) is 1.40. The lowest BCUT2D eigenvalue weighted by Gasteiger charge is -2.25. The zero-order chi connectivity index (χ0) is 16.7. The summed E-state index contributed by atoms with van der Waals surface area (Å²) in [4.78, 5) is 13.7. The minimum Gasteiger partial charge on any atom is -0.492 e. The first-order valence-electron chi connectivity index (χ1n) is 7.37. The SMILES string of the molecule is O=c1[nH]c2ccc(S(=O)(=O)NC3COc4ccccc4C3)cc2o1. The Hall–Kier alpha value is -2.58. The highest BCUT2D eigenvalue weighted by atomic mass is 32.2. The number of benzene rings is 2. The number of fused-ring (bicyclic) bond motifs is 2. The fraction of sp³-hybridized carbons (Fsp3) is 0.188. The number of nitrogens with one attached hydrogen (secondary N) is 2. The van der Waals surface area contributed by atoms with E-state index >= 15 is 0 Å². The van der Waals surface area contributed by atoms with E-state index < -0.39 is 15.8 Å². The van der Waals surface area contributed by atoms with E-state index in [1.54, 1.807) is 0 Å². The van der Waals surface area contributed by atoms with Crippen LogP contribution in [0.15, 0.2) is 56.6 Å². The maximum Gasteiger partial charge on any atom is 0.417 e. The normalized spacial score (nSPS) is 17.4. The van der Waals surface area contributed by atoms with Crippen LogP contribution in [0.1, 0.15) is 5.56 Å². The van der Waals surface area contributed by atoms with E-state index in [0.717, 1.165) is 11.3 Å². The van der Waals surface area contributed by atoms with Crippen LogP contribution in [0.2, 0.25) is 0 Å². The Balaban J connectivity index is 1.59. The maximum atomic E-state index is 12.6. The molecule has 2 N–H and O–H groups in total. The van der Waals surface area contributed by atoms with Crippen molar-refractivity contribution in [1.82, 2.24) is 9.71 Å². The Kier molecular flexibility index (Phi) is 3.43. The summed E-state index contributed by atoms with van der Waals surface area (Å²) in [6.45, 7) is 0.262. The van der Waals surface area contributed by atoms with Crippen LogP contribution in [-0.4, -0.2) is 26.1 Å². The fourth-order valence-corrected chi connectivity index (χ4v) is 4.02. The van der Waals surface area contributed by atoms with E-state index in [-0.39, 0.29) is 23.1 Å². The van der Waals surface area contributed by atoms with Gasteiger partial charge in [0, 0.05) is 6.07 Å². The van der Waals surface area contributed by atoms with Gasteiger partial charge in [0.2, 0.25) is 10.0 Å². The molecule has 1 aromatic heterocycles. The van der Waals surface area contributed by atoms with Crippen LogP contribution in [0.25, 0.3) is 11.1 Å². The molecule has 2 aromatic carbocycles. The molecule has 0 fully saturated rings. The van der Waals surface area contributed by atoms with Gasteiger partial charge in [-0.1, -0.05) is 18.2 Å². The molecular formula is C16H14N2O5S. The van der Waals surface area contributed by atoms with Crippen LogP contribution in [0.4, 0.5) is 0 Å². The molecule has 1 atom stereocenters. The van der Waals surface area contributed by atoms with E-state index in [0.29, 0.717) is 11.9 Å². The van der Waals surface area contributed by atoms with Crippen LogP contribution in [0.3, 0.4) is 0 Å². The van der Waals surface area contributed by atoms with Crippen LogP contribution in [0.5, 0.6) is 5.75 Å². The molecule has 0 saturated carbocycles. The first-order chi connectivity index (χ1) is 11.5. The Morgan fingerprint density at radius 3 is 2.88 bits per heavy atom. The average molecular weight is 346 g/mol. The smallest absolute Gasteiger partial charge is 0.417 e. The summed E-state index contributed by atoms with van der Waals surface area (Å²) < 4.78 is 38.3. The number of H-pyrrole nitrogens is 1. The number of aromatic amines is 1. The van der Waals surface area contributed by atoms with E-state index in [1.807, 2.05) is 24.3 Å². The predicted molar refractivity (Wildman–Crippen MR) is 86.6 cm³/mol. The van der Waals surface area contributed by atoms with E-state index in [4.69, 9.17) is 9.15 Å². The van der Waals surface area contributed by atoms with Gasteiger partial charge in [0.05, 0.1) is 16.5 Å². The Bertz CT molecular complexity index is 1070. The average Bonchev–Trinajstić information content (AvgIpc) is 2.93. The molecule has 0 amide bonds. The molecule has 1 aliphatic rings. The number of oxazole rings is 1. The van der Waals surface area contributed by atoms with Gasteiger partial charge >= 0.3 is 5.76 Å². The van der Waals surface area contributed by atoms with Crippen molar-refractivity contribution in [3.63, 3.8) is 0 Å². The first-order valence-corrected chi connectivity index (χ1v) is 8.85. The molecule has 8 heteroatoms. The highest BCUT2D eigenvalue weighted by Crippen LogP contribution is 2.25. The molecule has 1 aliphatic heterocycles. The Morgan fingerprint density at radius 1 is 1.17 bits per heavy atom. The van der Waals surface area contributed by atoms with Crippen LogP contribution in [0, 0.1) is 0 Å². The molecule has 0 aliphatic carbocycles. The van der Waals surface area contributed by atoms with Crippen molar-refractivity contribution in [2.45, 2.75) is 17.4 Å². The van der Waals surface area contributed by atoms with Gasteiger partial charge in [-0.25, -0.2) is 17.9 Å². The summed E-state index contributed by atoms with van der Waals surface area (Å²) in [5.41, 5.74) is 1.62. The number of hydrogen-bond acceptors (Lipinski definition) is 5. The second kappa shape index (κ2) is 5.50. The van der Waals surface area contributed by atoms with Gasteiger partial charge in [0.15, 0.2) is 5.58 Å². The van der Waals surface area contributed by atoms with Crippen LogP contribution >= 0.6 is 0 Å². The second-order valence-electron chi connectivity index (χ2n) is 5.61. The molecule has 4 rings (SSSR count). The van der Waals surface area contributed by atoms with Gasteiger partial charge in [0.1, 0.15) is 12.4 Å². The fourth-order valence-electron chi connectivity index (χ4n) is 2.78. The Labute approximate surface area is 137 Å². The molecule has 1 unspecified atom stereocenters. The van der Waals surface area contributed by atoms with Gasteiger partial charge in [-0.3, -0.25) is 4.98 Å². The van der Waals surface area contributed by atoms with Crippen molar-refractivity contribution in [1.29, 1.82) is 0 Å². The van der Waals surface area contributed by atoms with Gasteiger partial charge < -0.3 is 9.15 Å². The molecule has 0 saturated heterocycles. The summed E-state index contributed by atoms with van der Waals surface area (Å²) >= 11 is 0. The van der Waals surface area contributed by atoms with Crippen molar-refractivity contribution in [2.24, 2.45) is 0 Å². The lowest BCUT2D eigenvalue weighted by molar-refractivity contribution is 0.254. The van der Waals surface area contributed by atoms with E-state index in [1.165, 1.54) is 18.2 Å². The molecule has 0 bridgehead atoms. The quantitative estimate of drug-likeness (QED) is 0.746. The highest BCUT2D eigenvalue weighted by Gasteiger charge is 2.25. The first kappa shape index (κ1) is 15.0. The lowest BCUT2D eigenvalue weighted by atomic mass is 10.0. The minimum atomic E-state index is -3.75. The summed E-state index contributed by atoms with van der Waals surface area (Å²) in [6.07, 6.45) is 0.552. The minimum absolute atomic E-state index is 0.0385. The van der Waals surface area contributed by atoms with Crippen molar-refractivity contribution >= 4 is 21.1 Å². The third kappa shape index (κ3) is 2.70. The van der Waals surface area contributed by atoms with E-state index in [2.05, 4.69) is 9.71 Å². The topological polar surface area (TPSA) is 101 Å². The summed E-state index contributed by atoms with van der Waals surface area (Å²) in [7, 11) is -3.75. The number of para-hydroxylation sites is 1. The van der Waals surface area contributed by atoms with Crippen LogP contribution in [-0.2, 0) is 16.4 Å². The maximum absolute atomic E-state index is 12.6. The Morgan fingerprint density at radius 2 is 2.00 bits per heavy atom. The van der Waals surface area contributed by atoms with Gasteiger partial charge in [-0.2, -0.15) is 0 Å². The lowest BCUT2D eigenvalue weighted by Crippen LogP contribution is -2.42. The highest BCUT2D eigenvalue weighted by molar-refractivity contribution is 7.89. The van der Waals surface area contributed by atoms with Gasteiger partial charge in [0.25, 0.3) is 0 Å². The van der Waals surface area contributed by atoms with E-state index in [9.17, 15) is 13.2 Å². The molecule has 24 heavy (non-hydrogen) atoms. The standard InChI is InChI=1S/C16H14N2O5S/c19-16-17-13-6-5-12(8-15(13)23-16)24(20,21)18-11-7-10-3-1-2-4-14(10)22-9-11/h1-6,8,11,18H,7,9H2,(H,17,19). The molecule has 2 heterocycles. The largest absolute Gasteiger partial charge is 0.492 e. The number of hydrogen-bond donors (Lipinski definition) is 2. The van der Waals surface area contributed by atoms with Crippen molar-refractivity contribution < 1.29 is 17.6 Å². The third-order valence-corrected chi connectivity index (χ3v) is 5.42. The zero-order valence-electron chi connectivity index (χ0n) is 12.5. The molecule has 3 aromatic rings. The summed E-state index contributed by atoms with van der Waals surface area (Å²) in [5.74, 6) is 0.160. The van der Waals surface area contributed by atoms with Gasteiger partial charge in [-0.15, -0.1) is 0 Å². The zero-order valence-corrected chi connectivity index (χ0v) is 13.3. The molecule has 7 nitrogen and oxygen atoms in total. The van der Waals surface area contributed by atoms with Crippen molar-refractivity contribution in [2.75, 3.05) is 6.61 Å². The second-order valence-corrected chi connectivity index (χ2v) is 7.33. The number of ether oxygens (including phenoxy) is 1. The van der Waals surface area contributed by atoms with Crippen molar-refractivity contribution in [3.8, 4) is 5.75 Å². The van der Waals surface area contributed by atoms with Crippen LogP contribution < -0.4 is 15.2 Å². The summed E-state index contributed by atoms with van der Waals surface area (Å²) in [5, 5.41) is 0. The number of rotatable bonds is 3.